The predicted molar refractivity (Wildman–Crippen MR) is 135 cm³/mol. The molecule has 0 unspecified atom stereocenters. The molecule has 3 aromatic rings. The van der Waals surface area contributed by atoms with Crippen LogP contribution in [0.5, 0.6) is 23.0 Å². The first-order valence-electron chi connectivity index (χ1n) is 11.2. The van der Waals surface area contributed by atoms with Crippen LogP contribution in [0.4, 0.5) is 11.4 Å². The molecule has 0 aliphatic carbocycles. The second-order valence-electron chi connectivity index (χ2n) is 8.01. The number of hydrogen-bond acceptors (Lipinski definition) is 8. The number of ether oxygens (including phenoxy) is 5. The van der Waals surface area contributed by atoms with Crippen molar-refractivity contribution in [2.24, 2.45) is 0 Å². The van der Waals surface area contributed by atoms with Crippen molar-refractivity contribution in [3.05, 3.63) is 71.3 Å². The molecule has 1 aliphatic heterocycles. The fourth-order valence-electron chi connectivity index (χ4n) is 3.97. The molecule has 37 heavy (non-hydrogen) atoms. The number of methoxy groups -OCH3 is 4. The van der Waals surface area contributed by atoms with Crippen molar-refractivity contribution in [2.75, 3.05) is 45.3 Å². The molecule has 192 valence electrons. The van der Waals surface area contributed by atoms with E-state index in [4.69, 9.17) is 23.7 Å². The minimum absolute atomic E-state index is 0.124. The fraction of sp³-hybridized carbons (Fsp3) is 0.222. The molecule has 2 amide bonds. The van der Waals surface area contributed by atoms with E-state index < -0.39 is 11.9 Å². The van der Waals surface area contributed by atoms with E-state index in [0.29, 0.717) is 39.9 Å². The number of fused-ring (bicyclic) bond motifs is 1. The first-order chi connectivity index (χ1) is 17.9. The molecule has 0 spiro atoms. The molecule has 1 N–H and O–H groups in total. The highest BCUT2D eigenvalue weighted by Crippen LogP contribution is 2.39. The molecule has 0 radical (unpaired) electrons. The summed E-state index contributed by atoms with van der Waals surface area (Å²) in [6, 6.07) is 15.0. The Kier molecular flexibility index (Phi) is 7.47. The van der Waals surface area contributed by atoms with Gasteiger partial charge in [-0.05, 0) is 48.0 Å². The normalized spacial score (nSPS) is 12.2. The second-order valence-corrected chi connectivity index (χ2v) is 8.01. The van der Waals surface area contributed by atoms with E-state index in [1.165, 1.54) is 28.4 Å². The summed E-state index contributed by atoms with van der Waals surface area (Å²) in [4.78, 5) is 39.3. The first kappa shape index (κ1) is 25.4. The molecule has 0 bridgehead atoms. The molecule has 1 aliphatic rings. The maximum absolute atomic E-state index is 13.1. The van der Waals surface area contributed by atoms with E-state index in [9.17, 15) is 14.4 Å². The van der Waals surface area contributed by atoms with Gasteiger partial charge >= 0.3 is 5.97 Å². The summed E-state index contributed by atoms with van der Waals surface area (Å²) in [7, 11) is 5.72. The Bertz CT molecular complexity index is 1330. The molecule has 4 rings (SSSR count). The second kappa shape index (κ2) is 10.9. The van der Waals surface area contributed by atoms with Crippen molar-refractivity contribution in [2.45, 2.75) is 6.54 Å². The molecule has 0 saturated carbocycles. The molecule has 1 heterocycles. The highest BCUT2D eigenvalue weighted by atomic mass is 16.5. The highest BCUT2D eigenvalue weighted by Gasteiger charge is 2.27. The number of rotatable bonds is 8. The number of esters is 1. The number of nitrogens with one attached hydrogen (secondary N) is 1. The molecule has 10 nitrogen and oxygen atoms in total. The van der Waals surface area contributed by atoms with Gasteiger partial charge in [-0.25, -0.2) is 4.79 Å². The Morgan fingerprint density at radius 1 is 0.919 bits per heavy atom. The standard InChI is InChI=1S/C27H26N2O8/c1-33-22-11-18(12-23(34-2)25(22)35-3)26(31)28-19-8-9-21-20(13-19)29(24(30)15-37-21)14-16-6-5-7-17(10-16)27(32)36-4/h5-13H,14-15H2,1-4H3,(H,28,31). The Morgan fingerprint density at radius 2 is 1.65 bits per heavy atom. The minimum Gasteiger partial charge on any atom is -0.493 e. The third-order valence-electron chi connectivity index (χ3n) is 5.78. The third-order valence-corrected chi connectivity index (χ3v) is 5.78. The Morgan fingerprint density at radius 3 is 2.30 bits per heavy atom. The van der Waals surface area contributed by atoms with E-state index >= 15 is 0 Å². The van der Waals surface area contributed by atoms with Gasteiger partial charge in [-0.3, -0.25) is 9.59 Å². The predicted octanol–water partition coefficient (Wildman–Crippen LogP) is 3.68. The minimum atomic E-state index is -0.465. The molecule has 0 fully saturated rings. The maximum atomic E-state index is 13.1. The van der Waals surface area contributed by atoms with Crippen LogP contribution in [0.3, 0.4) is 0 Å². The van der Waals surface area contributed by atoms with Gasteiger partial charge in [-0.1, -0.05) is 12.1 Å². The van der Waals surface area contributed by atoms with Crippen molar-refractivity contribution in [3.63, 3.8) is 0 Å². The number of carbonyl (C=O) groups excluding carboxylic acids is 3. The van der Waals surface area contributed by atoms with E-state index in [2.05, 4.69) is 5.32 Å². The SMILES string of the molecule is COC(=O)c1cccc(CN2C(=O)COc3ccc(NC(=O)c4cc(OC)c(OC)c(OC)c4)cc32)c1. The zero-order valence-electron chi connectivity index (χ0n) is 20.8. The van der Waals surface area contributed by atoms with Crippen molar-refractivity contribution < 1.29 is 38.1 Å². The first-order valence-corrected chi connectivity index (χ1v) is 11.2. The average molecular weight is 507 g/mol. The van der Waals surface area contributed by atoms with Crippen molar-refractivity contribution >= 4 is 29.2 Å². The number of nitrogens with zero attached hydrogens (tertiary/aromatic N) is 1. The van der Waals surface area contributed by atoms with Crippen LogP contribution < -0.4 is 29.2 Å². The Labute approximate surface area is 213 Å². The summed E-state index contributed by atoms with van der Waals surface area (Å²) < 4.78 is 26.4. The lowest BCUT2D eigenvalue weighted by atomic mass is 10.1. The van der Waals surface area contributed by atoms with E-state index in [1.54, 1.807) is 53.4 Å². The summed E-state index contributed by atoms with van der Waals surface area (Å²) in [5, 5.41) is 2.83. The van der Waals surface area contributed by atoms with Gasteiger partial charge in [0.15, 0.2) is 18.1 Å². The van der Waals surface area contributed by atoms with Gasteiger partial charge in [0.05, 0.1) is 46.2 Å². The van der Waals surface area contributed by atoms with Gasteiger partial charge in [0.2, 0.25) is 5.75 Å². The van der Waals surface area contributed by atoms with Crippen LogP contribution in [0, 0.1) is 0 Å². The molecular formula is C27H26N2O8. The molecular weight excluding hydrogens is 480 g/mol. The van der Waals surface area contributed by atoms with Gasteiger partial charge in [-0.2, -0.15) is 0 Å². The molecule has 10 heteroatoms. The van der Waals surface area contributed by atoms with Crippen LogP contribution in [0.15, 0.2) is 54.6 Å². The van der Waals surface area contributed by atoms with Crippen molar-refractivity contribution in [1.29, 1.82) is 0 Å². The zero-order chi connectivity index (χ0) is 26.5. The van der Waals surface area contributed by atoms with Crippen molar-refractivity contribution in [3.8, 4) is 23.0 Å². The molecule has 0 atom stereocenters. The fourth-order valence-corrected chi connectivity index (χ4v) is 3.97. The van der Waals surface area contributed by atoms with E-state index in [1.807, 2.05) is 6.07 Å². The molecule has 0 aromatic heterocycles. The van der Waals surface area contributed by atoms with Crippen LogP contribution in [0.25, 0.3) is 0 Å². The van der Waals surface area contributed by atoms with Crippen LogP contribution in [0.2, 0.25) is 0 Å². The summed E-state index contributed by atoms with van der Waals surface area (Å²) in [5.74, 6) is 0.414. The van der Waals surface area contributed by atoms with Crippen LogP contribution >= 0.6 is 0 Å². The Hall–Kier alpha value is -4.73. The maximum Gasteiger partial charge on any atom is 0.337 e. The lowest BCUT2D eigenvalue weighted by molar-refractivity contribution is -0.121. The van der Waals surface area contributed by atoms with Gasteiger partial charge in [0, 0.05) is 11.3 Å². The summed E-state index contributed by atoms with van der Waals surface area (Å²) in [6.07, 6.45) is 0. The average Bonchev–Trinajstić information content (AvgIpc) is 2.93. The van der Waals surface area contributed by atoms with Crippen molar-refractivity contribution in [1.82, 2.24) is 0 Å². The van der Waals surface area contributed by atoms with Crippen LogP contribution in [-0.2, 0) is 16.1 Å². The monoisotopic (exact) mass is 506 g/mol. The summed E-state index contributed by atoms with van der Waals surface area (Å²) in [5.41, 5.74) is 2.34. The number of hydrogen-bond donors (Lipinski definition) is 1. The van der Waals surface area contributed by atoms with Crippen LogP contribution in [-0.4, -0.2) is 52.8 Å². The number of anilines is 2. The Balaban J connectivity index is 1.61. The van der Waals surface area contributed by atoms with Gasteiger partial charge in [0.25, 0.3) is 11.8 Å². The van der Waals surface area contributed by atoms with Crippen LogP contribution in [0.1, 0.15) is 26.3 Å². The number of benzene rings is 3. The lowest BCUT2D eigenvalue weighted by Gasteiger charge is -2.30. The van der Waals surface area contributed by atoms with E-state index in [-0.39, 0.29) is 24.6 Å². The largest absolute Gasteiger partial charge is 0.493 e. The zero-order valence-corrected chi connectivity index (χ0v) is 20.8. The smallest absolute Gasteiger partial charge is 0.337 e. The molecule has 3 aromatic carbocycles. The van der Waals surface area contributed by atoms with E-state index in [0.717, 1.165) is 5.56 Å². The quantitative estimate of drug-likeness (QED) is 0.461. The molecule has 0 saturated heterocycles. The third kappa shape index (κ3) is 5.27. The van der Waals surface area contributed by atoms with Gasteiger partial charge in [0.1, 0.15) is 5.75 Å². The topological polar surface area (TPSA) is 113 Å². The number of carbonyl (C=O) groups is 3. The van der Waals surface area contributed by atoms with Gasteiger partial charge < -0.3 is 33.9 Å². The van der Waals surface area contributed by atoms with Gasteiger partial charge in [-0.15, -0.1) is 0 Å². The summed E-state index contributed by atoms with van der Waals surface area (Å²) in [6.45, 7) is 0.0745. The summed E-state index contributed by atoms with van der Waals surface area (Å²) >= 11 is 0. The lowest BCUT2D eigenvalue weighted by Crippen LogP contribution is -2.38. The number of amides is 2. The highest BCUT2D eigenvalue weighted by molar-refractivity contribution is 6.06.